The molecule has 3 atom stereocenters. The molecule has 1 aromatic carbocycles. The Hall–Kier alpha value is -2.81. The van der Waals surface area contributed by atoms with Gasteiger partial charge in [0.1, 0.15) is 0 Å². The molecule has 0 bridgehead atoms. The van der Waals surface area contributed by atoms with Gasteiger partial charge in [-0.15, -0.1) is 0 Å². The highest BCUT2D eigenvalue weighted by molar-refractivity contribution is 5.79. The monoisotopic (exact) mass is 517 g/mol. The van der Waals surface area contributed by atoms with Crippen molar-refractivity contribution >= 4 is 17.8 Å². The van der Waals surface area contributed by atoms with E-state index in [-0.39, 0.29) is 37.1 Å². The van der Waals surface area contributed by atoms with Gasteiger partial charge < -0.3 is 24.4 Å². The van der Waals surface area contributed by atoms with Crippen LogP contribution in [0.15, 0.2) is 18.2 Å². The van der Waals surface area contributed by atoms with Crippen LogP contribution in [0.1, 0.15) is 71.3 Å². The first-order chi connectivity index (χ1) is 17.8. The van der Waals surface area contributed by atoms with Crippen molar-refractivity contribution in [2.75, 3.05) is 46.1 Å². The fourth-order valence-electron chi connectivity index (χ4n) is 5.49. The number of carbonyl (C=O) groups is 3. The molecule has 9 heteroatoms. The standard InChI is InChI=1S/C28H43N3O6/c1-5-8-13-30(14-9-6-2)26(33)18-31-17-22(21-10-11-24-25(16-21)37-19-36-24)27(28(34)35)23(31)12-15-29(7-3)20(4)32/h10-11,16,22-23,27H,5-9,12-15,17-19H2,1-4H3,(H,34,35)/t22-,23+,27?/m1/s1. The Bertz CT molecular complexity index is 930. The number of unbranched alkanes of at least 4 members (excludes halogenated alkanes) is 2. The summed E-state index contributed by atoms with van der Waals surface area (Å²) in [6.45, 7) is 10.9. The molecule has 0 aliphatic carbocycles. The Labute approximate surface area is 220 Å². The van der Waals surface area contributed by atoms with Gasteiger partial charge in [0.25, 0.3) is 0 Å². The summed E-state index contributed by atoms with van der Waals surface area (Å²) in [5, 5.41) is 10.4. The van der Waals surface area contributed by atoms with Crippen LogP contribution in [-0.4, -0.2) is 89.7 Å². The van der Waals surface area contributed by atoms with E-state index in [4.69, 9.17) is 9.47 Å². The second-order valence-corrected chi connectivity index (χ2v) is 10.1. The predicted molar refractivity (Wildman–Crippen MR) is 141 cm³/mol. The molecule has 2 heterocycles. The summed E-state index contributed by atoms with van der Waals surface area (Å²) >= 11 is 0. The smallest absolute Gasteiger partial charge is 0.308 e. The summed E-state index contributed by atoms with van der Waals surface area (Å²) in [7, 11) is 0. The summed E-state index contributed by atoms with van der Waals surface area (Å²) < 4.78 is 11.0. The second-order valence-electron chi connectivity index (χ2n) is 10.1. The van der Waals surface area contributed by atoms with E-state index in [2.05, 4.69) is 13.8 Å². The summed E-state index contributed by atoms with van der Waals surface area (Å²) in [4.78, 5) is 43.9. The van der Waals surface area contributed by atoms with Crippen molar-refractivity contribution in [1.29, 1.82) is 0 Å². The maximum atomic E-state index is 13.5. The predicted octanol–water partition coefficient (Wildman–Crippen LogP) is 3.57. The van der Waals surface area contributed by atoms with Gasteiger partial charge in [-0.2, -0.15) is 0 Å². The quantitative estimate of drug-likeness (QED) is 0.403. The molecule has 1 fully saturated rings. The average molecular weight is 518 g/mol. The second kappa shape index (κ2) is 13.7. The minimum Gasteiger partial charge on any atom is -0.481 e. The number of hydrogen-bond acceptors (Lipinski definition) is 6. The zero-order chi connectivity index (χ0) is 26.9. The van der Waals surface area contributed by atoms with Gasteiger partial charge in [0.15, 0.2) is 11.5 Å². The number of hydrogen-bond donors (Lipinski definition) is 1. The lowest BCUT2D eigenvalue weighted by molar-refractivity contribution is -0.144. The normalized spacial score (nSPS) is 20.7. The Morgan fingerprint density at radius 3 is 2.27 bits per heavy atom. The van der Waals surface area contributed by atoms with Crippen LogP contribution in [-0.2, 0) is 14.4 Å². The number of likely N-dealkylation sites (tertiary alicyclic amines) is 1. The fraction of sp³-hybridized carbons (Fsp3) is 0.679. The molecular weight excluding hydrogens is 474 g/mol. The van der Waals surface area contributed by atoms with Crippen molar-refractivity contribution in [3.63, 3.8) is 0 Å². The molecule has 1 N–H and O–H groups in total. The molecule has 1 saturated heterocycles. The summed E-state index contributed by atoms with van der Waals surface area (Å²) in [5.74, 6) is -0.627. The van der Waals surface area contributed by atoms with Crippen LogP contribution < -0.4 is 9.47 Å². The van der Waals surface area contributed by atoms with Crippen molar-refractivity contribution in [2.45, 2.75) is 71.8 Å². The van der Waals surface area contributed by atoms with E-state index in [0.29, 0.717) is 37.6 Å². The Morgan fingerprint density at radius 1 is 1.00 bits per heavy atom. The lowest BCUT2D eigenvalue weighted by Gasteiger charge is -2.31. The first-order valence-electron chi connectivity index (χ1n) is 13.7. The van der Waals surface area contributed by atoms with Crippen LogP contribution in [0, 0.1) is 5.92 Å². The molecule has 1 unspecified atom stereocenters. The van der Waals surface area contributed by atoms with E-state index in [0.717, 1.165) is 44.3 Å². The van der Waals surface area contributed by atoms with E-state index in [1.54, 1.807) is 4.90 Å². The minimum atomic E-state index is -0.887. The van der Waals surface area contributed by atoms with Crippen LogP contribution in [0.4, 0.5) is 0 Å². The number of amides is 2. The summed E-state index contributed by atoms with van der Waals surface area (Å²) in [5.41, 5.74) is 0.865. The highest BCUT2D eigenvalue weighted by atomic mass is 16.7. The van der Waals surface area contributed by atoms with Gasteiger partial charge in [0.05, 0.1) is 12.5 Å². The molecular formula is C28H43N3O6. The average Bonchev–Trinajstić information content (AvgIpc) is 3.48. The van der Waals surface area contributed by atoms with Gasteiger partial charge in [0.2, 0.25) is 18.6 Å². The molecule has 0 aromatic heterocycles. The van der Waals surface area contributed by atoms with Gasteiger partial charge in [-0.05, 0) is 43.9 Å². The molecule has 206 valence electrons. The number of rotatable bonds is 14. The topological polar surface area (TPSA) is 99.6 Å². The lowest BCUT2D eigenvalue weighted by atomic mass is 9.84. The van der Waals surface area contributed by atoms with Gasteiger partial charge in [-0.3, -0.25) is 19.3 Å². The third kappa shape index (κ3) is 7.15. The third-order valence-corrected chi connectivity index (χ3v) is 7.63. The van der Waals surface area contributed by atoms with E-state index in [1.807, 2.05) is 34.9 Å². The number of fused-ring (bicyclic) bond motifs is 1. The minimum absolute atomic E-state index is 0.0346. The number of nitrogens with zero attached hydrogens (tertiary/aromatic N) is 3. The number of carboxylic acids is 1. The first-order valence-corrected chi connectivity index (χ1v) is 13.7. The van der Waals surface area contributed by atoms with Crippen LogP contribution in [0.25, 0.3) is 0 Å². The summed E-state index contributed by atoms with van der Waals surface area (Å²) in [6.07, 6.45) is 4.39. The van der Waals surface area contributed by atoms with E-state index in [1.165, 1.54) is 6.92 Å². The highest BCUT2D eigenvalue weighted by Gasteiger charge is 2.47. The highest BCUT2D eigenvalue weighted by Crippen LogP contribution is 2.42. The molecule has 0 saturated carbocycles. The molecule has 1 aromatic rings. The van der Waals surface area contributed by atoms with Gasteiger partial charge in [-0.1, -0.05) is 32.8 Å². The van der Waals surface area contributed by atoms with Crippen molar-refractivity contribution in [1.82, 2.24) is 14.7 Å². The van der Waals surface area contributed by atoms with Crippen molar-refractivity contribution < 1.29 is 29.0 Å². The summed E-state index contributed by atoms with van der Waals surface area (Å²) in [6, 6.07) is 5.22. The molecule has 9 nitrogen and oxygen atoms in total. The zero-order valence-corrected chi connectivity index (χ0v) is 22.8. The Balaban J connectivity index is 1.88. The van der Waals surface area contributed by atoms with Gasteiger partial charge in [0, 0.05) is 51.6 Å². The van der Waals surface area contributed by atoms with Crippen molar-refractivity contribution in [2.24, 2.45) is 5.92 Å². The van der Waals surface area contributed by atoms with Crippen molar-refractivity contribution in [3.8, 4) is 11.5 Å². The van der Waals surface area contributed by atoms with Gasteiger partial charge in [-0.25, -0.2) is 0 Å². The molecule has 0 radical (unpaired) electrons. The number of carboxylic acid groups (broad SMARTS) is 1. The maximum absolute atomic E-state index is 13.5. The SMILES string of the molecule is CCCCN(CCCC)C(=O)CN1C[C@H](c2ccc3c(c2)OCO3)C(C(=O)O)[C@@H]1CCN(CC)C(C)=O. The van der Waals surface area contributed by atoms with Crippen LogP contribution in [0.2, 0.25) is 0 Å². The molecule has 2 aliphatic heterocycles. The van der Waals surface area contributed by atoms with Crippen molar-refractivity contribution in [3.05, 3.63) is 23.8 Å². The lowest BCUT2D eigenvalue weighted by Crippen LogP contribution is -2.46. The van der Waals surface area contributed by atoms with Gasteiger partial charge >= 0.3 is 5.97 Å². The van der Waals surface area contributed by atoms with Crippen LogP contribution >= 0.6 is 0 Å². The number of benzene rings is 1. The maximum Gasteiger partial charge on any atom is 0.308 e. The van der Waals surface area contributed by atoms with E-state index < -0.39 is 11.9 Å². The zero-order valence-electron chi connectivity index (χ0n) is 22.8. The largest absolute Gasteiger partial charge is 0.481 e. The Kier molecular flexibility index (Phi) is 10.6. The molecule has 2 amide bonds. The number of ether oxygens (including phenoxy) is 2. The molecule has 37 heavy (non-hydrogen) atoms. The molecule has 3 rings (SSSR count). The Morgan fingerprint density at radius 2 is 1.68 bits per heavy atom. The number of carbonyl (C=O) groups excluding carboxylic acids is 2. The van der Waals surface area contributed by atoms with E-state index >= 15 is 0 Å². The number of aliphatic carboxylic acids is 1. The molecule has 2 aliphatic rings. The first kappa shape index (κ1) is 28.8. The third-order valence-electron chi connectivity index (χ3n) is 7.63. The van der Waals surface area contributed by atoms with E-state index in [9.17, 15) is 19.5 Å². The fourth-order valence-corrected chi connectivity index (χ4v) is 5.49. The van der Waals surface area contributed by atoms with Crippen LogP contribution in [0.5, 0.6) is 11.5 Å². The van der Waals surface area contributed by atoms with Crippen LogP contribution in [0.3, 0.4) is 0 Å². The molecule has 0 spiro atoms.